The highest BCUT2D eigenvalue weighted by Gasteiger charge is 2.30. The van der Waals surface area contributed by atoms with Crippen LogP contribution in [0, 0.1) is 66.2 Å². The van der Waals surface area contributed by atoms with Crippen molar-refractivity contribution in [2.45, 2.75) is 41.5 Å². The molecule has 0 aromatic heterocycles. The molecule has 0 amide bonds. The smallest absolute Gasteiger partial charge is 0.148 e. The maximum atomic E-state index is 11.3. The van der Waals surface area contributed by atoms with Crippen molar-refractivity contribution in [1.29, 1.82) is 0 Å². The maximum Gasteiger partial charge on any atom is 0.148 e. The van der Waals surface area contributed by atoms with Crippen molar-refractivity contribution in [1.82, 2.24) is 0 Å². The van der Waals surface area contributed by atoms with Gasteiger partial charge in [-0.25, -0.2) is 0 Å². The van der Waals surface area contributed by atoms with E-state index in [0.29, 0.717) is 44.5 Å². The number of terminal acetylenes is 2. The van der Waals surface area contributed by atoms with Gasteiger partial charge in [-0.2, -0.15) is 0 Å². The molecule has 0 saturated carbocycles. The number of benzene rings is 3. The van der Waals surface area contributed by atoms with Gasteiger partial charge in [0.05, 0.1) is 16.7 Å². The van der Waals surface area contributed by atoms with Gasteiger partial charge in [0.2, 0.25) is 0 Å². The minimum absolute atomic E-state index is 0.0420. The predicted molar refractivity (Wildman–Crippen MR) is 145 cm³/mol. The first-order valence-corrected chi connectivity index (χ1v) is 11.6. The third-order valence-corrected chi connectivity index (χ3v) is 7.69. The van der Waals surface area contributed by atoms with Gasteiger partial charge in [-0.3, -0.25) is 0 Å². The van der Waals surface area contributed by atoms with Crippen molar-refractivity contribution in [3.05, 3.63) is 62.7 Å². The summed E-state index contributed by atoms with van der Waals surface area (Å²) in [6, 6.07) is 6.19. The Bertz CT molecular complexity index is 1830. The van der Waals surface area contributed by atoms with Crippen LogP contribution in [0.3, 0.4) is 0 Å². The number of phenols is 3. The molecule has 3 N–H and O–H groups in total. The fourth-order valence-corrected chi connectivity index (χ4v) is 5.13. The molecule has 0 spiro atoms. The molecular formula is C32H26O4. The third-order valence-electron chi connectivity index (χ3n) is 7.69. The minimum atomic E-state index is -0.0722. The second-order valence-electron chi connectivity index (χ2n) is 9.55. The lowest BCUT2D eigenvalue weighted by Crippen LogP contribution is -1.98. The molecule has 178 valence electrons. The van der Waals surface area contributed by atoms with E-state index in [1.807, 2.05) is 26.8 Å². The van der Waals surface area contributed by atoms with E-state index in [1.54, 1.807) is 20.8 Å². The summed E-state index contributed by atoms with van der Waals surface area (Å²) in [6.45, 7) is 11.2. The number of hydrogen-bond acceptors (Lipinski definition) is 4. The van der Waals surface area contributed by atoms with E-state index in [1.165, 1.54) is 0 Å². The lowest BCUT2D eigenvalue weighted by Gasteiger charge is -2.20. The summed E-state index contributed by atoms with van der Waals surface area (Å²) in [6.07, 6.45) is 11.8. The van der Waals surface area contributed by atoms with Crippen LogP contribution in [0.2, 0.25) is 0 Å². The van der Waals surface area contributed by atoms with Crippen LogP contribution in [0.1, 0.15) is 44.5 Å². The van der Waals surface area contributed by atoms with Gasteiger partial charge in [-0.1, -0.05) is 24.0 Å². The molecule has 0 bridgehead atoms. The quantitative estimate of drug-likeness (QED) is 0.176. The summed E-state index contributed by atoms with van der Waals surface area (Å²) in [5.41, 5.74) is 7.29. The Morgan fingerprint density at radius 3 is 1.86 bits per heavy atom. The van der Waals surface area contributed by atoms with E-state index in [9.17, 15) is 15.3 Å². The Labute approximate surface area is 210 Å². The average molecular weight is 475 g/mol. The summed E-state index contributed by atoms with van der Waals surface area (Å²) in [7, 11) is 0. The van der Waals surface area contributed by atoms with Gasteiger partial charge < -0.3 is 19.7 Å². The van der Waals surface area contributed by atoms with E-state index >= 15 is 0 Å². The van der Waals surface area contributed by atoms with Crippen molar-refractivity contribution in [3.63, 3.8) is 0 Å². The molecule has 1 aliphatic heterocycles. The molecule has 1 heterocycles. The molecule has 3 aromatic carbocycles. The molecule has 1 aliphatic carbocycles. The Hall–Kier alpha value is -4.54. The van der Waals surface area contributed by atoms with Crippen molar-refractivity contribution in [2.75, 3.05) is 0 Å². The first-order chi connectivity index (χ1) is 17.0. The normalized spacial score (nSPS) is 11.3. The van der Waals surface area contributed by atoms with E-state index in [-0.39, 0.29) is 28.4 Å². The van der Waals surface area contributed by atoms with Gasteiger partial charge in [-0.05, 0) is 97.3 Å². The van der Waals surface area contributed by atoms with Crippen LogP contribution in [-0.4, -0.2) is 15.3 Å². The number of rotatable bonds is 1. The number of phenolic OH excluding ortho intramolecular Hbond substituents is 3. The Balaban J connectivity index is 2.16. The Kier molecular flexibility index (Phi) is 4.99. The predicted octanol–water partition coefficient (Wildman–Crippen LogP) is 7.29. The zero-order valence-corrected chi connectivity index (χ0v) is 21.1. The molecule has 3 aromatic rings. The Morgan fingerprint density at radius 1 is 0.667 bits per heavy atom. The summed E-state index contributed by atoms with van der Waals surface area (Å²) >= 11 is 0. The van der Waals surface area contributed by atoms with Gasteiger partial charge in [0, 0.05) is 10.9 Å². The number of hydrogen-bond donors (Lipinski definition) is 3. The summed E-state index contributed by atoms with van der Waals surface area (Å²) < 4.78 is 6.61. The first kappa shape index (κ1) is 23.2. The molecule has 4 nitrogen and oxygen atoms in total. The topological polar surface area (TPSA) is 73.8 Å². The molecule has 0 unspecified atom stereocenters. The molecule has 4 heteroatoms. The maximum absolute atomic E-state index is 11.3. The van der Waals surface area contributed by atoms with E-state index in [0.717, 1.165) is 33.0 Å². The van der Waals surface area contributed by atoms with Crippen molar-refractivity contribution in [3.8, 4) is 64.4 Å². The molecular weight excluding hydrogens is 448 g/mol. The van der Waals surface area contributed by atoms with Crippen molar-refractivity contribution >= 4 is 21.7 Å². The molecule has 0 atom stereocenters. The van der Waals surface area contributed by atoms with Crippen LogP contribution in [-0.2, 0) is 0 Å². The second kappa shape index (κ2) is 7.74. The van der Waals surface area contributed by atoms with Crippen LogP contribution >= 0.6 is 0 Å². The third kappa shape index (κ3) is 2.85. The summed E-state index contributed by atoms with van der Waals surface area (Å²) in [5.74, 6) is 5.48. The van der Waals surface area contributed by atoms with Gasteiger partial charge in [0.25, 0.3) is 0 Å². The molecule has 2 aliphatic rings. The standard InChI is InChI=1S/C32H26O4/c1-9-21-25-24-13-20-11-14(3)15(4)12-23(20)26(24)32(36-31(25)19(8)18(7)29(21)34)27-22(10-2)28(33)16(5)17(6)30(27)35/h1-2,11-13,33-35H,3-8H3. The number of aromatic hydroxyl groups is 3. The van der Waals surface area contributed by atoms with Crippen LogP contribution in [0.15, 0.2) is 22.6 Å². The van der Waals surface area contributed by atoms with Crippen molar-refractivity contribution in [2.24, 2.45) is 0 Å². The van der Waals surface area contributed by atoms with Gasteiger partial charge in [-0.15, -0.1) is 12.8 Å². The minimum Gasteiger partial charge on any atom is -0.507 e. The van der Waals surface area contributed by atoms with Crippen LogP contribution in [0.4, 0.5) is 0 Å². The number of aryl methyl sites for hydroxylation is 3. The number of fused-ring (bicyclic) bond motifs is 5. The fraction of sp³-hybridized carbons (Fsp3) is 0.188. The lowest BCUT2D eigenvalue weighted by molar-refractivity contribution is 0.451. The van der Waals surface area contributed by atoms with Gasteiger partial charge >= 0.3 is 0 Å². The Morgan fingerprint density at radius 2 is 1.22 bits per heavy atom. The zero-order valence-electron chi connectivity index (χ0n) is 21.1. The monoisotopic (exact) mass is 474 g/mol. The van der Waals surface area contributed by atoms with E-state index in [4.69, 9.17) is 17.3 Å². The highest BCUT2D eigenvalue weighted by Crippen LogP contribution is 2.53. The SMILES string of the molecule is C#Cc1c(O)c(C)c(C)c(O)c1-c1oc2c(C)c(C)c(O)c(C#C)c2c2cc3cc(C)c(C)cc3c1-2. The van der Waals surface area contributed by atoms with Crippen molar-refractivity contribution < 1.29 is 19.7 Å². The molecule has 0 fully saturated rings. The first-order valence-electron chi connectivity index (χ1n) is 11.6. The highest BCUT2D eigenvalue weighted by molar-refractivity contribution is 6.17. The van der Waals surface area contributed by atoms with E-state index < -0.39 is 0 Å². The van der Waals surface area contributed by atoms with Crippen LogP contribution in [0.5, 0.6) is 17.2 Å². The largest absolute Gasteiger partial charge is 0.507 e. The summed E-state index contributed by atoms with van der Waals surface area (Å²) in [4.78, 5) is 0. The van der Waals surface area contributed by atoms with E-state index in [2.05, 4.69) is 24.0 Å². The van der Waals surface area contributed by atoms with Gasteiger partial charge in [0.1, 0.15) is 28.6 Å². The van der Waals surface area contributed by atoms with Crippen LogP contribution < -0.4 is 0 Å². The molecule has 0 saturated heterocycles. The zero-order chi connectivity index (χ0) is 26.2. The molecule has 5 rings (SSSR count). The fourth-order valence-electron chi connectivity index (χ4n) is 5.13. The lowest BCUT2D eigenvalue weighted by atomic mass is 9.88. The molecule has 0 radical (unpaired) electrons. The second-order valence-corrected chi connectivity index (χ2v) is 9.55. The molecule has 36 heavy (non-hydrogen) atoms. The van der Waals surface area contributed by atoms with Crippen LogP contribution in [0.25, 0.3) is 44.2 Å². The van der Waals surface area contributed by atoms with Gasteiger partial charge in [0.15, 0.2) is 0 Å². The highest BCUT2D eigenvalue weighted by atomic mass is 16.3. The summed E-state index contributed by atoms with van der Waals surface area (Å²) in [5, 5.41) is 35.7. The average Bonchev–Trinajstić information content (AvgIpc) is 3.22.